The molecule has 22 nitrogen and oxygen atoms in total. The molecule has 0 spiro atoms. The van der Waals surface area contributed by atoms with Crippen LogP contribution in [0.1, 0.15) is 134 Å². The van der Waals surface area contributed by atoms with Crippen LogP contribution in [0.15, 0.2) is 0 Å². The minimum absolute atomic E-state index is 0.0774. The Morgan fingerprint density at radius 2 is 0.689 bits per heavy atom. The molecule has 2 rings (SSSR count). The lowest BCUT2D eigenvalue weighted by Crippen LogP contribution is -2.37. The van der Waals surface area contributed by atoms with Gasteiger partial charge in [0.25, 0.3) is 0 Å². The summed E-state index contributed by atoms with van der Waals surface area (Å²) in [6.45, 7) is 33.5. The zero-order valence-corrected chi connectivity index (χ0v) is 57.4. The molecule has 0 N–H and O–H groups in total. The van der Waals surface area contributed by atoms with Crippen molar-refractivity contribution < 1.29 is 104 Å². The summed E-state index contributed by atoms with van der Waals surface area (Å²) in [7, 11) is 1.64. The third kappa shape index (κ3) is 47.2. The van der Waals surface area contributed by atoms with Crippen LogP contribution in [-0.4, -0.2) is 249 Å². The number of rotatable bonds is 67. The molecule has 1 heterocycles. The molecule has 0 amide bonds. The van der Waals surface area contributed by atoms with E-state index in [1.165, 1.54) is 44.9 Å². The average molecular weight is 1290 g/mol. The average Bonchev–Trinajstić information content (AvgIpc) is 0.954. The molecule has 1 aliphatic rings. The first-order chi connectivity index (χ1) is 43.9. The standard InChI is InChI=1S/C68H124O22/c1-57(2)13-10-14-58(3)15-11-16-59(4)17-12-21-68(8)22-20-63-62(7)66(60(5)61(6)67(63)90-68)89-65(70)19-18-64(69)88-56-55-87-54-53-86-52-51-85-50-49-84-48-47-83-46-45-82-44-43-81-42-41-80-40-39-79-38-37-78-36-35-77-34-33-76-32-31-75-30-29-74-28-27-73-26-25-72-24-23-71-9/h57-59H,10-56H2,1-9H3. The highest BCUT2D eigenvalue weighted by Gasteiger charge is 2.35. The van der Waals surface area contributed by atoms with Gasteiger partial charge in [-0.15, -0.1) is 0 Å². The summed E-state index contributed by atoms with van der Waals surface area (Å²) in [6, 6.07) is 0. The lowest BCUT2D eigenvalue weighted by molar-refractivity contribution is -0.148. The molecule has 3 unspecified atom stereocenters. The van der Waals surface area contributed by atoms with Crippen LogP contribution in [0, 0.1) is 38.5 Å². The molecule has 1 aliphatic heterocycles. The summed E-state index contributed by atoms with van der Waals surface area (Å²) in [5.74, 6) is 2.91. The summed E-state index contributed by atoms with van der Waals surface area (Å²) in [6.07, 6.45) is 13.1. The van der Waals surface area contributed by atoms with Gasteiger partial charge in [-0.05, 0) is 87.8 Å². The fourth-order valence-corrected chi connectivity index (χ4v) is 9.61. The molecule has 0 radical (unpaired) electrons. The fraction of sp³-hybridized carbons (Fsp3) is 0.882. The van der Waals surface area contributed by atoms with Gasteiger partial charge >= 0.3 is 11.9 Å². The van der Waals surface area contributed by atoms with Gasteiger partial charge in [-0.25, -0.2) is 0 Å². The van der Waals surface area contributed by atoms with Crippen LogP contribution in [0.25, 0.3) is 0 Å². The summed E-state index contributed by atoms with van der Waals surface area (Å²) in [5, 5.41) is 0. The third-order valence-electron chi connectivity index (χ3n) is 15.1. The predicted octanol–water partition coefficient (Wildman–Crippen LogP) is 9.28. The van der Waals surface area contributed by atoms with Crippen molar-refractivity contribution in [3.05, 3.63) is 22.3 Å². The highest BCUT2D eigenvalue weighted by Crippen LogP contribution is 2.45. The highest BCUT2D eigenvalue weighted by atomic mass is 16.6. The molecule has 1 aromatic rings. The van der Waals surface area contributed by atoms with Crippen LogP contribution in [0.2, 0.25) is 0 Å². The van der Waals surface area contributed by atoms with Crippen LogP contribution in [0.5, 0.6) is 11.5 Å². The zero-order valence-electron chi connectivity index (χ0n) is 57.4. The number of ether oxygens (including phenoxy) is 20. The molecule has 3 atom stereocenters. The van der Waals surface area contributed by atoms with Gasteiger partial charge in [0, 0.05) is 12.7 Å². The zero-order chi connectivity index (χ0) is 65.2. The van der Waals surface area contributed by atoms with E-state index in [1.807, 2.05) is 20.8 Å². The van der Waals surface area contributed by atoms with E-state index in [0.29, 0.717) is 217 Å². The highest BCUT2D eigenvalue weighted by molar-refractivity contribution is 5.80. The minimum Gasteiger partial charge on any atom is -0.487 e. The number of benzene rings is 1. The normalized spacial score (nSPS) is 14.7. The van der Waals surface area contributed by atoms with Crippen molar-refractivity contribution in [2.75, 3.05) is 232 Å². The van der Waals surface area contributed by atoms with Crippen molar-refractivity contribution in [2.24, 2.45) is 17.8 Å². The maximum absolute atomic E-state index is 13.0. The number of hydrogen-bond acceptors (Lipinski definition) is 22. The number of hydrogen-bond donors (Lipinski definition) is 0. The van der Waals surface area contributed by atoms with Gasteiger partial charge in [0.2, 0.25) is 0 Å². The third-order valence-corrected chi connectivity index (χ3v) is 15.1. The Morgan fingerprint density at radius 3 is 1.02 bits per heavy atom. The Labute approximate surface area is 542 Å². The maximum atomic E-state index is 13.0. The molecule has 90 heavy (non-hydrogen) atoms. The molecule has 0 fully saturated rings. The SMILES string of the molecule is COCCOCCOCCOCCOCCOCCOCCOCCOCCOCCOCCOCCOCCOCCOCCOCCOCCOC(=O)CCC(=O)Oc1c(C)c(C)c2c(c1C)CCC(C)(CCCC(C)CCCC(C)CCCC(C)C)O2. The molecule has 0 saturated heterocycles. The van der Waals surface area contributed by atoms with E-state index >= 15 is 0 Å². The van der Waals surface area contributed by atoms with E-state index < -0.39 is 11.9 Å². The molecule has 528 valence electrons. The van der Waals surface area contributed by atoms with E-state index in [9.17, 15) is 9.59 Å². The Hall–Kier alpha value is -2.72. The van der Waals surface area contributed by atoms with Crippen molar-refractivity contribution in [1.82, 2.24) is 0 Å². The fourth-order valence-electron chi connectivity index (χ4n) is 9.61. The van der Waals surface area contributed by atoms with Crippen LogP contribution in [0.3, 0.4) is 0 Å². The van der Waals surface area contributed by atoms with Gasteiger partial charge in [-0.3, -0.25) is 9.59 Å². The first-order valence-electron chi connectivity index (χ1n) is 33.8. The van der Waals surface area contributed by atoms with E-state index in [-0.39, 0.29) is 31.7 Å². The molecule has 0 aromatic heterocycles. The van der Waals surface area contributed by atoms with Crippen LogP contribution in [-0.2, 0) is 101 Å². The summed E-state index contributed by atoms with van der Waals surface area (Å²) in [5.41, 5.74) is 3.71. The Bertz CT molecular complexity index is 1830. The number of fused-ring (bicyclic) bond motifs is 1. The predicted molar refractivity (Wildman–Crippen MR) is 344 cm³/mol. The van der Waals surface area contributed by atoms with E-state index in [0.717, 1.165) is 71.4 Å². The lowest BCUT2D eigenvalue weighted by Gasteiger charge is -2.38. The summed E-state index contributed by atoms with van der Waals surface area (Å²) >= 11 is 0. The Morgan fingerprint density at radius 1 is 0.389 bits per heavy atom. The van der Waals surface area contributed by atoms with Crippen LogP contribution in [0.4, 0.5) is 0 Å². The number of methoxy groups -OCH3 is 1. The Balaban J connectivity index is 1.27. The van der Waals surface area contributed by atoms with Gasteiger partial charge < -0.3 is 94.7 Å². The molecular formula is C68H124O22. The van der Waals surface area contributed by atoms with E-state index in [2.05, 4.69) is 34.6 Å². The second kappa shape index (κ2) is 58.8. The molecule has 22 heteroatoms. The molecule has 0 saturated carbocycles. The van der Waals surface area contributed by atoms with Crippen molar-refractivity contribution >= 4 is 11.9 Å². The minimum atomic E-state index is -0.480. The van der Waals surface area contributed by atoms with Gasteiger partial charge in [-0.2, -0.15) is 0 Å². The maximum Gasteiger partial charge on any atom is 0.311 e. The summed E-state index contributed by atoms with van der Waals surface area (Å²) < 4.78 is 111. The van der Waals surface area contributed by atoms with Gasteiger partial charge in [-0.1, -0.05) is 72.6 Å². The topological polar surface area (TPSA) is 219 Å². The second-order valence-electron chi connectivity index (χ2n) is 23.4. The summed E-state index contributed by atoms with van der Waals surface area (Å²) in [4.78, 5) is 25.4. The second-order valence-corrected chi connectivity index (χ2v) is 23.4. The number of carbonyl (C=O) groups excluding carboxylic acids is 2. The van der Waals surface area contributed by atoms with Crippen LogP contribution >= 0.6 is 0 Å². The first-order valence-corrected chi connectivity index (χ1v) is 33.8. The first kappa shape index (κ1) is 83.4. The molecule has 1 aromatic carbocycles. The molecular weight excluding hydrogens is 1170 g/mol. The van der Waals surface area contributed by atoms with Crippen molar-refractivity contribution in [3.8, 4) is 11.5 Å². The monoisotopic (exact) mass is 1290 g/mol. The van der Waals surface area contributed by atoms with Gasteiger partial charge in [0.1, 0.15) is 23.7 Å². The van der Waals surface area contributed by atoms with Gasteiger partial charge in [0.05, 0.1) is 231 Å². The van der Waals surface area contributed by atoms with Crippen molar-refractivity contribution in [1.29, 1.82) is 0 Å². The Kier molecular flexibility index (Phi) is 54.5. The van der Waals surface area contributed by atoms with Crippen molar-refractivity contribution in [3.63, 3.8) is 0 Å². The van der Waals surface area contributed by atoms with Gasteiger partial charge in [0.15, 0.2) is 0 Å². The number of esters is 2. The quantitative estimate of drug-likeness (QED) is 0.0337. The lowest BCUT2D eigenvalue weighted by atomic mass is 9.83. The van der Waals surface area contributed by atoms with E-state index in [4.69, 9.17) is 94.7 Å². The molecule has 0 bridgehead atoms. The van der Waals surface area contributed by atoms with Crippen molar-refractivity contribution in [2.45, 2.75) is 144 Å². The van der Waals surface area contributed by atoms with E-state index in [1.54, 1.807) is 7.11 Å². The number of carbonyl (C=O) groups is 2. The van der Waals surface area contributed by atoms with Crippen LogP contribution < -0.4 is 9.47 Å². The largest absolute Gasteiger partial charge is 0.487 e. The smallest absolute Gasteiger partial charge is 0.311 e. The molecule has 0 aliphatic carbocycles.